The molecule has 54 valence electrons. The Morgan fingerprint density at radius 1 is 0.818 bits per heavy atom. The van der Waals surface area contributed by atoms with E-state index in [0.29, 0.717) is 0 Å². The second kappa shape index (κ2) is 0.912. The molecule has 0 radical (unpaired) electrons. The van der Waals surface area contributed by atoms with Crippen LogP contribution in [0.25, 0.3) is 0 Å². The van der Waals surface area contributed by atoms with Gasteiger partial charge >= 0.3 is 0 Å². The van der Waals surface area contributed by atoms with Gasteiger partial charge in [-0.05, 0) is 52.9 Å². The number of allylic oxidation sites excluding steroid dienone is 1. The molecule has 2 bridgehead atoms. The van der Waals surface area contributed by atoms with Crippen LogP contribution < -0.4 is 0 Å². The van der Waals surface area contributed by atoms with Crippen molar-refractivity contribution in [3.63, 3.8) is 0 Å². The number of rotatable bonds is 0. The first-order valence-corrected chi connectivity index (χ1v) is 4.85. The molecule has 0 spiro atoms. The third-order valence-electron chi connectivity index (χ3n) is 5.41. The van der Waals surface area contributed by atoms with Gasteiger partial charge < -0.3 is 0 Å². The lowest BCUT2D eigenvalue weighted by atomic mass is 10.0. The fourth-order valence-corrected chi connectivity index (χ4v) is 5.51. The Balaban J connectivity index is 1.95. The normalized spacial score (nSPS) is 82.4. The molecule has 6 aliphatic rings. The molecular formula is C11H10. The topological polar surface area (TPSA) is 0 Å². The first-order valence-electron chi connectivity index (χ1n) is 4.85. The number of hydrogen-bond donors (Lipinski definition) is 0. The van der Waals surface area contributed by atoms with Crippen LogP contribution in [0.3, 0.4) is 0 Å². The Kier molecular flexibility index (Phi) is 0.375. The van der Waals surface area contributed by atoms with E-state index in [1.54, 1.807) is 5.57 Å². The summed E-state index contributed by atoms with van der Waals surface area (Å²) in [5.74, 6) is 9.10. The third-order valence-corrected chi connectivity index (χ3v) is 5.41. The van der Waals surface area contributed by atoms with E-state index in [2.05, 4.69) is 12.3 Å². The smallest absolute Gasteiger partial charge is 0.00560 e. The lowest BCUT2D eigenvalue weighted by Gasteiger charge is -2.03. The fourth-order valence-electron chi connectivity index (χ4n) is 5.51. The predicted octanol–water partition coefficient (Wildman–Crippen LogP) is 1.70. The van der Waals surface area contributed by atoms with Crippen LogP contribution in [-0.2, 0) is 0 Å². The maximum absolute atomic E-state index is 3.84. The molecule has 0 heterocycles. The van der Waals surface area contributed by atoms with E-state index in [9.17, 15) is 0 Å². The zero-order chi connectivity index (χ0) is 6.90. The highest BCUT2D eigenvalue weighted by molar-refractivity contribution is 5.49. The van der Waals surface area contributed by atoms with Gasteiger partial charge in [0.05, 0.1) is 0 Å². The zero-order valence-corrected chi connectivity index (χ0v) is 6.33. The van der Waals surface area contributed by atoms with Crippen LogP contribution in [0.5, 0.6) is 0 Å². The van der Waals surface area contributed by atoms with Gasteiger partial charge in [0.2, 0.25) is 0 Å². The Morgan fingerprint density at radius 2 is 1.27 bits per heavy atom. The van der Waals surface area contributed by atoms with Crippen molar-refractivity contribution in [1.29, 1.82) is 0 Å². The molecule has 0 N–H and O–H groups in total. The van der Waals surface area contributed by atoms with Crippen LogP contribution in [0.4, 0.5) is 0 Å². The van der Waals surface area contributed by atoms with Crippen molar-refractivity contribution in [2.75, 3.05) is 0 Å². The molecule has 4 atom stereocenters. The van der Waals surface area contributed by atoms with Crippen LogP contribution in [0.2, 0.25) is 0 Å². The molecule has 6 aliphatic carbocycles. The minimum Gasteiger partial charge on any atom is -0.129 e. The third kappa shape index (κ3) is 0.220. The standard InChI is InChI=1S/C11H10/c1-2-3-4-6-8-5(3)9-7(4)11(9)10(6)8/h4-11H,1H2. The van der Waals surface area contributed by atoms with Crippen molar-refractivity contribution in [2.45, 2.75) is 0 Å². The van der Waals surface area contributed by atoms with Gasteiger partial charge in [-0.2, -0.15) is 0 Å². The van der Waals surface area contributed by atoms with Gasteiger partial charge in [-0.15, -0.1) is 5.73 Å². The maximum Gasteiger partial charge on any atom is -0.00560 e. The zero-order valence-electron chi connectivity index (χ0n) is 6.33. The SMILES string of the molecule is C=C=C1C2C3C4C1C1C2C1C34. The lowest BCUT2D eigenvalue weighted by Crippen LogP contribution is -2.00. The van der Waals surface area contributed by atoms with Gasteiger partial charge in [-0.25, -0.2) is 0 Å². The molecule has 0 nitrogen and oxygen atoms in total. The molecule has 0 aromatic heterocycles. The van der Waals surface area contributed by atoms with Crippen LogP contribution in [0.15, 0.2) is 17.9 Å². The van der Waals surface area contributed by atoms with E-state index >= 15 is 0 Å². The average molecular weight is 142 g/mol. The second-order valence-corrected chi connectivity index (χ2v) is 5.15. The molecule has 6 rings (SSSR count). The lowest BCUT2D eigenvalue weighted by molar-refractivity contribution is 0.434. The Morgan fingerprint density at radius 3 is 1.64 bits per heavy atom. The van der Waals surface area contributed by atoms with Gasteiger partial charge in [0.15, 0.2) is 0 Å². The van der Waals surface area contributed by atoms with Gasteiger partial charge in [-0.1, -0.05) is 6.58 Å². The molecule has 11 heavy (non-hydrogen) atoms. The summed E-state index contributed by atoms with van der Waals surface area (Å²) < 4.78 is 0. The monoisotopic (exact) mass is 142 g/mol. The summed E-state index contributed by atoms with van der Waals surface area (Å²) in [6.07, 6.45) is 0. The summed E-state index contributed by atoms with van der Waals surface area (Å²) in [4.78, 5) is 0. The summed E-state index contributed by atoms with van der Waals surface area (Å²) in [5.41, 5.74) is 4.89. The minimum atomic E-state index is 1.02. The molecule has 0 heteroatoms. The van der Waals surface area contributed by atoms with E-state index in [-0.39, 0.29) is 0 Å². The van der Waals surface area contributed by atoms with E-state index in [1.807, 2.05) is 0 Å². The van der Waals surface area contributed by atoms with Gasteiger partial charge in [0.25, 0.3) is 0 Å². The van der Waals surface area contributed by atoms with Crippen molar-refractivity contribution < 1.29 is 0 Å². The summed E-state index contributed by atoms with van der Waals surface area (Å²) in [7, 11) is 0. The Bertz CT molecular complexity index is 299. The largest absolute Gasteiger partial charge is 0.129 e. The van der Waals surface area contributed by atoms with E-state index < -0.39 is 0 Å². The van der Waals surface area contributed by atoms with Crippen molar-refractivity contribution in [2.24, 2.45) is 47.3 Å². The highest BCUT2D eigenvalue weighted by Crippen LogP contribution is 2.95. The maximum atomic E-state index is 3.84. The average Bonchev–Trinajstić information content (AvgIpc) is 2.80. The minimum absolute atomic E-state index is 1.02. The fraction of sp³-hybridized carbons (Fsp3) is 0.727. The van der Waals surface area contributed by atoms with Gasteiger partial charge in [0, 0.05) is 0 Å². The summed E-state index contributed by atoms with van der Waals surface area (Å²) in [6.45, 7) is 3.84. The van der Waals surface area contributed by atoms with E-state index in [1.165, 1.54) is 11.8 Å². The highest BCUT2D eigenvalue weighted by Gasteiger charge is 2.92. The molecule has 0 amide bonds. The Labute approximate surface area is 66.0 Å². The summed E-state index contributed by atoms with van der Waals surface area (Å²) in [5, 5.41) is 0. The molecule has 0 aromatic rings. The summed E-state index contributed by atoms with van der Waals surface area (Å²) >= 11 is 0. The van der Waals surface area contributed by atoms with Crippen molar-refractivity contribution in [3.8, 4) is 0 Å². The molecule has 0 saturated heterocycles. The van der Waals surface area contributed by atoms with Crippen LogP contribution in [0.1, 0.15) is 0 Å². The van der Waals surface area contributed by atoms with Gasteiger partial charge in [0.1, 0.15) is 0 Å². The molecule has 0 aromatic carbocycles. The first kappa shape index (κ1) is 4.52. The van der Waals surface area contributed by atoms with Gasteiger partial charge in [-0.3, -0.25) is 0 Å². The van der Waals surface area contributed by atoms with E-state index in [4.69, 9.17) is 0 Å². The molecule has 4 unspecified atom stereocenters. The van der Waals surface area contributed by atoms with Crippen molar-refractivity contribution in [1.82, 2.24) is 0 Å². The van der Waals surface area contributed by atoms with Crippen molar-refractivity contribution >= 4 is 0 Å². The van der Waals surface area contributed by atoms with Crippen LogP contribution in [-0.4, -0.2) is 0 Å². The summed E-state index contributed by atoms with van der Waals surface area (Å²) in [6, 6.07) is 0. The second-order valence-electron chi connectivity index (χ2n) is 5.15. The Hall–Kier alpha value is -0.480. The van der Waals surface area contributed by atoms with E-state index in [0.717, 1.165) is 35.5 Å². The first-order chi connectivity index (χ1) is 5.45. The molecule has 6 saturated carbocycles. The molecule has 6 fully saturated rings. The molecular weight excluding hydrogens is 132 g/mol. The number of hydrogen-bond acceptors (Lipinski definition) is 0. The van der Waals surface area contributed by atoms with Crippen molar-refractivity contribution in [3.05, 3.63) is 17.9 Å². The highest BCUT2D eigenvalue weighted by atomic mass is 15.0. The van der Waals surface area contributed by atoms with Crippen LogP contribution >= 0.6 is 0 Å². The quantitative estimate of drug-likeness (QED) is 0.451. The van der Waals surface area contributed by atoms with Crippen LogP contribution in [0, 0.1) is 47.3 Å². The predicted molar refractivity (Wildman–Crippen MR) is 40.6 cm³/mol. The molecule has 0 aliphatic heterocycles.